The predicted molar refractivity (Wildman–Crippen MR) is 69.3 cm³/mol. The van der Waals surface area contributed by atoms with Gasteiger partial charge in [-0.25, -0.2) is 9.97 Å². The quantitative estimate of drug-likeness (QED) is 0.906. The molecule has 4 heteroatoms. The first-order valence-corrected chi connectivity index (χ1v) is 6.48. The van der Waals surface area contributed by atoms with E-state index in [9.17, 15) is 0 Å². The lowest BCUT2D eigenvalue weighted by Crippen LogP contribution is -2.14. The third kappa shape index (κ3) is 2.73. The zero-order chi connectivity index (χ0) is 11.9. The van der Waals surface area contributed by atoms with E-state index in [0.717, 1.165) is 22.4 Å². The van der Waals surface area contributed by atoms with Gasteiger partial charge in [0.05, 0.1) is 10.2 Å². The molecule has 0 amide bonds. The maximum absolute atomic E-state index is 5.91. The van der Waals surface area contributed by atoms with Gasteiger partial charge < -0.3 is 5.73 Å². The molecule has 0 aliphatic heterocycles. The fourth-order valence-corrected chi connectivity index (χ4v) is 2.21. The van der Waals surface area contributed by atoms with E-state index in [1.165, 1.54) is 12.8 Å². The highest BCUT2D eigenvalue weighted by Crippen LogP contribution is 2.43. The molecule has 0 unspecified atom stereocenters. The lowest BCUT2D eigenvalue weighted by atomic mass is 9.92. The largest absolute Gasteiger partial charge is 0.383 e. The topological polar surface area (TPSA) is 51.8 Å². The van der Waals surface area contributed by atoms with E-state index in [0.29, 0.717) is 11.7 Å². The number of hydrogen-bond acceptors (Lipinski definition) is 3. The lowest BCUT2D eigenvalue weighted by Gasteiger charge is -2.18. The Balaban J connectivity index is 2.33. The standard InChI is InChI=1S/C12H18BrN3/c1-12(2,3)6-8-15-10(7-4-5-7)9(13)11(14)16-8/h7H,4-6H2,1-3H3,(H2,14,15,16). The van der Waals surface area contributed by atoms with Crippen LogP contribution in [-0.4, -0.2) is 9.97 Å². The molecule has 0 atom stereocenters. The molecular formula is C12H18BrN3. The highest BCUT2D eigenvalue weighted by Gasteiger charge is 2.29. The highest BCUT2D eigenvalue weighted by molar-refractivity contribution is 9.10. The van der Waals surface area contributed by atoms with Crippen molar-refractivity contribution in [3.63, 3.8) is 0 Å². The molecule has 0 bridgehead atoms. The Morgan fingerprint density at radius 3 is 2.44 bits per heavy atom. The second kappa shape index (κ2) is 3.99. The molecule has 88 valence electrons. The maximum atomic E-state index is 5.91. The van der Waals surface area contributed by atoms with Crippen molar-refractivity contribution in [2.75, 3.05) is 5.73 Å². The van der Waals surface area contributed by atoms with E-state index < -0.39 is 0 Å². The van der Waals surface area contributed by atoms with Crippen molar-refractivity contribution in [1.82, 2.24) is 9.97 Å². The Hall–Kier alpha value is -0.640. The van der Waals surface area contributed by atoms with E-state index in [4.69, 9.17) is 5.73 Å². The summed E-state index contributed by atoms with van der Waals surface area (Å²) in [6.45, 7) is 6.56. The minimum Gasteiger partial charge on any atom is -0.383 e. The van der Waals surface area contributed by atoms with Crippen LogP contribution in [0, 0.1) is 5.41 Å². The Kier molecular flexibility index (Phi) is 2.95. The van der Waals surface area contributed by atoms with Gasteiger partial charge in [-0.3, -0.25) is 0 Å². The van der Waals surface area contributed by atoms with Gasteiger partial charge >= 0.3 is 0 Å². The molecule has 0 radical (unpaired) electrons. The van der Waals surface area contributed by atoms with Gasteiger partial charge in [0.1, 0.15) is 11.6 Å². The van der Waals surface area contributed by atoms with E-state index in [1.807, 2.05) is 0 Å². The Labute approximate surface area is 105 Å². The average molecular weight is 284 g/mol. The molecule has 2 rings (SSSR count). The smallest absolute Gasteiger partial charge is 0.141 e. The van der Waals surface area contributed by atoms with Gasteiger partial charge in [0.15, 0.2) is 0 Å². The van der Waals surface area contributed by atoms with Gasteiger partial charge in [0.2, 0.25) is 0 Å². The fraction of sp³-hybridized carbons (Fsp3) is 0.667. The number of nitrogen functional groups attached to an aromatic ring is 1. The first-order chi connectivity index (χ1) is 7.37. The molecule has 1 aliphatic carbocycles. The Bertz CT molecular complexity index is 405. The minimum atomic E-state index is 0.196. The Morgan fingerprint density at radius 2 is 1.94 bits per heavy atom. The summed E-state index contributed by atoms with van der Waals surface area (Å²) in [5, 5.41) is 0. The molecule has 0 spiro atoms. The molecule has 2 N–H and O–H groups in total. The van der Waals surface area contributed by atoms with Crippen LogP contribution in [0.15, 0.2) is 4.47 Å². The van der Waals surface area contributed by atoms with E-state index >= 15 is 0 Å². The predicted octanol–water partition coefficient (Wildman–Crippen LogP) is 3.29. The van der Waals surface area contributed by atoms with Crippen LogP contribution in [0.3, 0.4) is 0 Å². The van der Waals surface area contributed by atoms with Crippen LogP contribution in [-0.2, 0) is 6.42 Å². The van der Waals surface area contributed by atoms with Crippen LogP contribution >= 0.6 is 15.9 Å². The van der Waals surface area contributed by atoms with Crippen LogP contribution in [0.4, 0.5) is 5.82 Å². The van der Waals surface area contributed by atoms with E-state index in [2.05, 4.69) is 46.7 Å². The fourth-order valence-electron chi connectivity index (χ4n) is 1.71. The highest BCUT2D eigenvalue weighted by atomic mass is 79.9. The third-order valence-corrected chi connectivity index (χ3v) is 3.41. The van der Waals surface area contributed by atoms with Crippen LogP contribution in [0.5, 0.6) is 0 Å². The first-order valence-electron chi connectivity index (χ1n) is 5.68. The normalized spacial score (nSPS) is 16.5. The molecule has 16 heavy (non-hydrogen) atoms. The molecule has 1 aromatic heterocycles. The van der Waals surface area contributed by atoms with Crippen LogP contribution in [0.1, 0.15) is 51.0 Å². The number of anilines is 1. The van der Waals surface area contributed by atoms with Crippen LogP contribution in [0.25, 0.3) is 0 Å². The maximum Gasteiger partial charge on any atom is 0.141 e. The zero-order valence-corrected chi connectivity index (χ0v) is 11.6. The summed E-state index contributed by atoms with van der Waals surface area (Å²) >= 11 is 3.48. The van der Waals surface area contributed by atoms with Crippen molar-refractivity contribution in [3.8, 4) is 0 Å². The van der Waals surface area contributed by atoms with Gasteiger partial charge in [0.25, 0.3) is 0 Å². The SMILES string of the molecule is CC(C)(C)Cc1nc(N)c(Br)c(C2CC2)n1. The second-order valence-corrected chi connectivity index (χ2v) is 6.53. The number of halogens is 1. The Morgan fingerprint density at radius 1 is 1.31 bits per heavy atom. The molecule has 0 saturated heterocycles. The number of hydrogen-bond donors (Lipinski definition) is 1. The summed E-state index contributed by atoms with van der Waals surface area (Å²) in [6, 6.07) is 0. The lowest BCUT2D eigenvalue weighted by molar-refractivity contribution is 0.400. The van der Waals surface area contributed by atoms with Crippen LogP contribution < -0.4 is 5.73 Å². The third-order valence-electron chi connectivity index (χ3n) is 2.60. The van der Waals surface area contributed by atoms with E-state index in [1.54, 1.807) is 0 Å². The van der Waals surface area contributed by atoms with Crippen molar-refractivity contribution in [2.45, 2.75) is 46.0 Å². The monoisotopic (exact) mass is 283 g/mol. The molecule has 1 saturated carbocycles. The second-order valence-electron chi connectivity index (χ2n) is 5.74. The summed E-state index contributed by atoms with van der Waals surface area (Å²) in [4.78, 5) is 8.99. The molecular weight excluding hydrogens is 266 g/mol. The van der Waals surface area contributed by atoms with Gasteiger partial charge in [0, 0.05) is 12.3 Å². The average Bonchev–Trinajstić information content (AvgIpc) is 2.91. The molecule has 1 heterocycles. The minimum absolute atomic E-state index is 0.196. The number of aromatic nitrogens is 2. The van der Waals surface area contributed by atoms with Gasteiger partial charge in [-0.05, 0) is 34.2 Å². The zero-order valence-electron chi connectivity index (χ0n) is 10.0. The van der Waals surface area contributed by atoms with Crippen molar-refractivity contribution in [3.05, 3.63) is 16.0 Å². The van der Waals surface area contributed by atoms with Crippen molar-refractivity contribution < 1.29 is 0 Å². The molecule has 0 aromatic carbocycles. The first kappa shape index (κ1) is 11.8. The van der Waals surface area contributed by atoms with Crippen LogP contribution in [0.2, 0.25) is 0 Å². The summed E-state index contributed by atoms with van der Waals surface area (Å²) in [5.41, 5.74) is 7.21. The van der Waals surface area contributed by atoms with Crippen molar-refractivity contribution >= 4 is 21.7 Å². The van der Waals surface area contributed by atoms with Gasteiger partial charge in [-0.15, -0.1) is 0 Å². The summed E-state index contributed by atoms with van der Waals surface area (Å²) in [6.07, 6.45) is 3.32. The molecule has 1 aromatic rings. The summed E-state index contributed by atoms with van der Waals surface area (Å²) in [7, 11) is 0. The number of nitrogens with zero attached hydrogens (tertiary/aromatic N) is 2. The summed E-state index contributed by atoms with van der Waals surface area (Å²) < 4.78 is 0.896. The molecule has 3 nitrogen and oxygen atoms in total. The number of rotatable bonds is 2. The summed E-state index contributed by atoms with van der Waals surface area (Å²) in [5.74, 6) is 2.05. The molecule has 1 fully saturated rings. The van der Waals surface area contributed by atoms with Gasteiger partial charge in [-0.2, -0.15) is 0 Å². The van der Waals surface area contributed by atoms with Crippen molar-refractivity contribution in [1.29, 1.82) is 0 Å². The number of nitrogens with two attached hydrogens (primary N) is 1. The van der Waals surface area contributed by atoms with Crippen molar-refractivity contribution in [2.24, 2.45) is 5.41 Å². The molecule has 1 aliphatic rings. The van der Waals surface area contributed by atoms with E-state index in [-0.39, 0.29) is 5.41 Å². The van der Waals surface area contributed by atoms with Gasteiger partial charge in [-0.1, -0.05) is 20.8 Å².